The molecule has 0 aliphatic carbocycles. The number of hydrogen-bond acceptors (Lipinski definition) is 5. The number of ether oxygens (including phenoxy) is 2. The molecule has 0 aromatic heterocycles. The number of esters is 1. The number of rotatable bonds is 9. The van der Waals surface area contributed by atoms with E-state index in [1.807, 2.05) is 6.92 Å². The van der Waals surface area contributed by atoms with Gasteiger partial charge in [0, 0.05) is 17.4 Å². The molecule has 0 bridgehead atoms. The van der Waals surface area contributed by atoms with Crippen LogP contribution < -0.4 is 0 Å². The van der Waals surface area contributed by atoms with Crippen molar-refractivity contribution >= 4 is 22.7 Å². The van der Waals surface area contributed by atoms with Crippen LogP contribution in [0.5, 0.6) is 0 Å². The first-order valence-corrected chi connectivity index (χ1v) is 6.35. The van der Waals surface area contributed by atoms with Crippen molar-refractivity contribution < 1.29 is 28.4 Å². The van der Waals surface area contributed by atoms with E-state index in [0.29, 0.717) is 13.2 Å². The zero-order valence-corrected chi connectivity index (χ0v) is 9.96. The molecule has 0 aromatic carbocycles. The summed E-state index contributed by atoms with van der Waals surface area (Å²) in [5, 5.41) is 8.30. The minimum absolute atomic E-state index is 0.100. The lowest BCUT2D eigenvalue weighted by Crippen LogP contribution is -2.21. The molecule has 0 amide bonds. The van der Waals surface area contributed by atoms with E-state index in [1.54, 1.807) is 0 Å². The Bertz CT molecular complexity index is 252. The van der Waals surface area contributed by atoms with Crippen LogP contribution in [0.25, 0.3) is 0 Å². The highest BCUT2D eigenvalue weighted by Crippen LogP contribution is 1.88. The number of carbonyl (C=O) groups excluding carboxylic acids is 1. The van der Waals surface area contributed by atoms with Gasteiger partial charge < -0.3 is 14.6 Å². The molecule has 16 heavy (non-hydrogen) atoms. The molecule has 0 aliphatic heterocycles. The summed E-state index contributed by atoms with van der Waals surface area (Å²) in [4.78, 5) is 21.2. The summed E-state index contributed by atoms with van der Waals surface area (Å²) in [6, 6.07) is 0. The second-order valence-corrected chi connectivity index (χ2v) is 4.41. The fraction of sp³-hybridized carbons (Fsp3) is 0.778. The first kappa shape index (κ1) is 15.0. The molecule has 94 valence electrons. The van der Waals surface area contributed by atoms with Gasteiger partial charge in [0.2, 0.25) is 0 Å². The molecule has 0 saturated carbocycles. The molecule has 0 aliphatic rings. The Morgan fingerprint density at radius 1 is 1.19 bits per heavy atom. The van der Waals surface area contributed by atoms with Crippen LogP contribution >= 0.6 is 0 Å². The molecule has 0 aromatic rings. The molecule has 6 nitrogen and oxygen atoms in total. The van der Waals surface area contributed by atoms with E-state index in [-0.39, 0.29) is 12.4 Å². The predicted octanol–water partition coefficient (Wildman–Crippen LogP) is -0.210. The smallest absolute Gasteiger partial charge is 0.318 e. The highest BCUT2D eigenvalue weighted by atomic mass is 32.2. The average molecular weight is 252 g/mol. The predicted molar refractivity (Wildman–Crippen MR) is 57.6 cm³/mol. The maximum absolute atomic E-state index is 11.0. The van der Waals surface area contributed by atoms with Gasteiger partial charge in [-0.1, -0.05) is 6.92 Å². The van der Waals surface area contributed by atoms with Gasteiger partial charge in [0.1, 0.15) is 18.1 Å². The van der Waals surface area contributed by atoms with Crippen molar-refractivity contribution in [3.63, 3.8) is 0 Å². The fourth-order valence-electron chi connectivity index (χ4n) is 0.823. The van der Waals surface area contributed by atoms with E-state index < -0.39 is 28.5 Å². The first-order chi connectivity index (χ1) is 7.56. The molecule has 7 heteroatoms. The van der Waals surface area contributed by atoms with Gasteiger partial charge in [0.05, 0.1) is 6.61 Å². The van der Waals surface area contributed by atoms with Gasteiger partial charge in [0.15, 0.2) is 0 Å². The summed E-state index contributed by atoms with van der Waals surface area (Å²) in [5.74, 6) is -2.79. The van der Waals surface area contributed by atoms with Gasteiger partial charge >= 0.3 is 11.9 Å². The first-order valence-electron chi connectivity index (χ1n) is 4.86. The Morgan fingerprint density at radius 3 is 2.44 bits per heavy atom. The van der Waals surface area contributed by atoms with E-state index in [1.165, 1.54) is 0 Å². The SMILES string of the molecule is CCCOCCOC(=O)CS(=O)CC(=O)O. The van der Waals surface area contributed by atoms with Crippen molar-refractivity contribution in [1.29, 1.82) is 0 Å². The summed E-state index contributed by atoms with van der Waals surface area (Å²) in [7, 11) is -1.70. The van der Waals surface area contributed by atoms with Crippen LogP contribution in [-0.4, -0.2) is 52.6 Å². The third-order valence-corrected chi connectivity index (χ3v) is 2.53. The third-order valence-electron chi connectivity index (χ3n) is 1.40. The van der Waals surface area contributed by atoms with Crippen molar-refractivity contribution in [3.05, 3.63) is 0 Å². The van der Waals surface area contributed by atoms with Crippen LogP contribution in [0, 0.1) is 0 Å². The van der Waals surface area contributed by atoms with Crippen molar-refractivity contribution in [1.82, 2.24) is 0 Å². The number of hydrogen-bond donors (Lipinski definition) is 1. The zero-order chi connectivity index (χ0) is 12.4. The third kappa shape index (κ3) is 9.60. The van der Waals surface area contributed by atoms with Crippen LogP contribution in [0.15, 0.2) is 0 Å². The molecular weight excluding hydrogens is 236 g/mol. The monoisotopic (exact) mass is 252 g/mol. The number of aliphatic carboxylic acids is 1. The van der Waals surface area contributed by atoms with Gasteiger partial charge in [-0.15, -0.1) is 0 Å². The van der Waals surface area contributed by atoms with E-state index in [9.17, 15) is 13.8 Å². The van der Waals surface area contributed by atoms with Crippen LogP contribution in [0.4, 0.5) is 0 Å². The Hall–Kier alpha value is -0.950. The van der Waals surface area contributed by atoms with Crippen LogP contribution in [0.3, 0.4) is 0 Å². The Labute approximate surface area is 96.4 Å². The summed E-state index contributed by atoms with van der Waals surface area (Å²) < 4.78 is 20.7. The van der Waals surface area contributed by atoms with Gasteiger partial charge in [-0.2, -0.15) is 0 Å². The molecule has 0 fully saturated rings. The van der Waals surface area contributed by atoms with E-state index in [4.69, 9.17) is 14.6 Å². The topological polar surface area (TPSA) is 89.9 Å². The molecule has 0 saturated heterocycles. The fourth-order valence-corrected chi connectivity index (χ4v) is 1.55. The lowest BCUT2D eigenvalue weighted by atomic mass is 10.5. The molecule has 0 radical (unpaired) electrons. The molecule has 1 N–H and O–H groups in total. The quantitative estimate of drug-likeness (QED) is 0.451. The lowest BCUT2D eigenvalue weighted by molar-refractivity contribution is -0.142. The molecule has 0 rings (SSSR count). The zero-order valence-electron chi connectivity index (χ0n) is 9.14. The summed E-state index contributed by atoms with van der Waals surface area (Å²) in [6.45, 7) is 2.96. The Morgan fingerprint density at radius 2 is 1.88 bits per heavy atom. The van der Waals surface area contributed by atoms with E-state index in [0.717, 1.165) is 6.42 Å². The minimum Gasteiger partial charge on any atom is -0.481 e. The molecule has 0 spiro atoms. The summed E-state index contributed by atoms with van der Waals surface area (Å²) >= 11 is 0. The van der Waals surface area contributed by atoms with Crippen molar-refractivity contribution in [2.75, 3.05) is 31.3 Å². The number of carbonyl (C=O) groups is 2. The maximum atomic E-state index is 11.0. The average Bonchev–Trinajstić information content (AvgIpc) is 2.15. The summed E-state index contributed by atoms with van der Waals surface area (Å²) in [6.07, 6.45) is 0.885. The lowest BCUT2D eigenvalue weighted by Gasteiger charge is -2.04. The second kappa shape index (κ2) is 9.29. The van der Waals surface area contributed by atoms with E-state index >= 15 is 0 Å². The normalized spacial score (nSPS) is 12.1. The highest BCUT2D eigenvalue weighted by molar-refractivity contribution is 7.86. The van der Waals surface area contributed by atoms with Crippen molar-refractivity contribution in [2.45, 2.75) is 13.3 Å². The van der Waals surface area contributed by atoms with Gasteiger partial charge in [-0.25, -0.2) is 0 Å². The minimum atomic E-state index is -1.70. The van der Waals surface area contributed by atoms with Crippen LogP contribution in [0.1, 0.15) is 13.3 Å². The van der Waals surface area contributed by atoms with Crippen LogP contribution in [0.2, 0.25) is 0 Å². The van der Waals surface area contributed by atoms with Gasteiger partial charge in [-0.05, 0) is 6.42 Å². The Kier molecular flexibility index (Phi) is 8.74. The number of carboxylic acids is 1. The largest absolute Gasteiger partial charge is 0.481 e. The molecule has 1 atom stereocenters. The Balaban J connectivity index is 3.51. The molecule has 1 unspecified atom stereocenters. The molecular formula is C9H16O6S. The highest BCUT2D eigenvalue weighted by Gasteiger charge is 2.12. The standard InChI is InChI=1S/C9H16O6S/c1-2-3-14-4-5-15-9(12)7-16(13)6-8(10)11/h2-7H2,1H3,(H,10,11). The van der Waals surface area contributed by atoms with Gasteiger partial charge in [-0.3, -0.25) is 13.8 Å². The molecule has 0 heterocycles. The number of carboxylic acid groups (broad SMARTS) is 1. The summed E-state index contributed by atoms with van der Waals surface area (Å²) in [5.41, 5.74) is 0. The van der Waals surface area contributed by atoms with Crippen LogP contribution in [-0.2, 0) is 29.9 Å². The second-order valence-electron chi connectivity index (χ2n) is 2.96. The van der Waals surface area contributed by atoms with Gasteiger partial charge in [0.25, 0.3) is 0 Å². The van der Waals surface area contributed by atoms with Crippen molar-refractivity contribution in [2.24, 2.45) is 0 Å². The maximum Gasteiger partial charge on any atom is 0.318 e. The van der Waals surface area contributed by atoms with E-state index in [2.05, 4.69) is 0 Å². The van der Waals surface area contributed by atoms with Crippen molar-refractivity contribution in [3.8, 4) is 0 Å².